The van der Waals surface area contributed by atoms with Crippen LogP contribution in [0.5, 0.6) is 5.75 Å². The molecule has 0 bridgehead atoms. The van der Waals surface area contributed by atoms with Crippen LogP contribution in [0.25, 0.3) is 0 Å². The smallest absolute Gasteiger partial charge is 0.186 e. The van der Waals surface area contributed by atoms with Crippen molar-refractivity contribution < 1.29 is 9.16 Å². The first-order valence-corrected chi connectivity index (χ1v) is 13.3. The zero-order chi connectivity index (χ0) is 20.9. The Morgan fingerprint density at radius 1 is 0.828 bits per heavy atom. The maximum absolute atomic E-state index is 6.81. The maximum Gasteiger partial charge on any atom is 0.186 e. The first kappa shape index (κ1) is 21.2. The van der Waals surface area contributed by atoms with Gasteiger partial charge in [0.05, 0.1) is 12.7 Å². The summed E-state index contributed by atoms with van der Waals surface area (Å²) in [5.41, 5.74) is 1.85. The van der Waals surface area contributed by atoms with E-state index in [1.807, 2.05) is 48.5 Å². The fourth-order valence-electron chi connectivity index (χ4n) is 3.19. The molecule has 0 amide bonds. The Morgan fingerprint density at radius 3 is 1.86 bits per heavy atom. The summed E-state index contributed by atoms with van der Waals surface area (Å²) in [6.07, 6.45) is 0. The fourth-order valence-corrected chi connectivity index (χ4v) is 4.57. The lowest BCUT2D eigenvalue weighted by Crippen LogP contribution is -2.40. The van der Waals surface area contributed by atoms with Gasteiger partial charge < -0.3 is 9.16 Å². The molecule has 3 aromatic rings. The van der Waals surface area contributed by atoms with E-state index in [-0.39, 0.29) is 0 Å². The standard InChI is InChI=1S/C25H25ClO2Si/c1-27-24-16-15-23(26)19-20(24)17-18-25(28-29(2,3)4,21-11-7-5-8-12-21)22-13-9-6-10-14-22/h5-16,19H,1-4H3. The Morgan fingerprint density at radius 2 is 1.38 bits per heavy atom. The van der Waals surface area contributed by atoms with Crippen molar-refractivity contribution in [2.75, 3.05) is 7.11 Å². The first-order chi connectivity index (χ1) is 13.8. The molecular weight excluding hydrogens is 396 g/mol. The number of benzene rings is 3. The van der Waals surface area contributed by atoms with Gasteiger partial charge in [0.1, 0.15) is 5.75 Å². The van der Waals surface area contributed by atoms with Crippen molar-refractivity contribution in [3.63, 3.8) is 0 Å². The summed E-state index contributed by atoms with van der Waals surface area (Å²) < 4.78 is 12.3. The molecule has 0 spiro atoms. The zero-order valence-electron chi connectivity index (χ0n) is 17.2. The number of halogens is 1. The molecule has 0 atom stereocenters. The highest BCUT2D eigenvalue weighted by atomic mass is 35.5. The van der Waals surface area contributed by atoms with Gasteiger partial charge in [-0.2, -0.15) is 0 Å². The average Bonchev–Trinajstić information content (AvgIpc) is 2.72. The summed E-state index contributed by atoms with van der Waals surface area (Å²) >= 11 is 6.22. The summed E-state index contributed by atoms with van der Waals surface area (Å²) in [6, 6.07) is 25.8. The van der Waals surface area contributed by atoms with E-state index in [2.05, 4.69) is 55.7 Å². The molecule has 0 aliphatic heterocycles. The molecule has 0 heterocycles. The van der Waals surface area contributed by atoms with Crippen molar-refractivity contribution in [2.45, 2.75) is 25.2 Å². The second-order valence-corrected chi connectivity index (χ2v) is 12.6. The molecule has 0 unspecified atom stereocenters. The molecule has 4 heteroatoms. The van der Waals surface area contributed by atoms with E-state index in [1.54, 1.807) is 13.2 Å². The summed E-state index contributed by atoms with van der Waals surface area (Å²) in [5.74, 6) is 7.45. The SMILES string of the molecule is COc1ccc(Cl)cc1C#CC(O[Si](C)(C)C)(c1ccccc1)c1ccccc1. The molecule has 0 aromatic heterocycles. The van der Waals surface area contributed by atoms with E-state index in [1.165, 1.54) is 0 Å². The van der Waals surface area contributed by atoms with E-state index < -0.39 is 13.9 Å². The number of ether oxygens (including phenoxy) is 1. The van der Waals surface area contributed by atoms with Gasteiger partial charge in [-0.15, -0.1) is 0 Å². The minimum atomic E-state index is -1.99. The lowest BCUT2D eigenvalue weighted by Gasteiger charge is -2.36. The molecule has 3 rings (SSSR count). The molecule has 0 aliphatic rings. The third-order valence-electron chi connectivity index (χ3n) is 4.35. The summed E-state index contributed by atoms with van der Waals surface area (Å²) in [6.45, 7) is 6.53. The second-order valence-electron chi connectivity index (χ2n) is 7.72. The minimum absolute atomic E-state index is 0.617. The Labute approximate surface area is 179 Å². The van der Waals surface area contributed by atoms with Crippen LogP contribution >= 0.6 is 11.6 Å². The summed E-state index contributed by atoms with van der Waals surface area (Å²) in [4.78, 5) is 0. The Kier molecular flexibility index (Phi) is 6.49. The average molecular weight is 421 g/mol. The highest BCUT2D eigenvalue weighted by Gasteiger charge is 2.38. The van der Waals surface area contributed by atoms with Crippen molar-refractivity contribution >= 4 is 19.9 Å². The number of methoxy groups -OCH3 is 1. The van der Waals surface area contributed by atoms with Gasteiger partial charge in [0.2, 0.25) is 0 Å². The van der Waals surface area contributed by atoms with E-state index >= 15 is 0 Å². The van der Waals surface area contributed by atoms with Crippen molar-refractivity contribution in [3.05, 3.63) is 101 Å². The monoisotopic (exact) mass is 420 g/mol. The lowest BCUT2D eigenvalue weighted by atomic mass is 9.86. The van der Waals surface area contributed by atoms with Gasteiger partial charge in [-0.05, 0) is 49.0 Å². The third-order valence-corrected chi connectivity index (χ3v) is 5.51. The van der Waals surface area contributed by atoms with Crippen LogP contribution in [-0.4, -0.2) is 15.4 Å². The van der Waals surface area contributed by atoms with Crippen molar-refractivity contribution in [1.29, 1.82) is 0 Å². The molecule has 29 heavy (non-hydrogen) atoms. The van der Waals surface area contributed by atoms with Crippen LogP contribution < -0.4 is 4.74 Å². The van der Waals surface area contributed by atoms with E-state index in [0.717, 1.165) is 16.7 Å². The lowest BCUT2D eigenvalue weighted by molar-refractivity contribution is 0.166. The highest BCUT2D eigenvalue weighted by Crippen LogP contribution is 2.36. The predicted octanol–water partition coefficient (Wildman–Crippen LogP) is 6.50. The van der Waals surface area contributed by atoms with Gasteiger partial charge in [0.15, 0.2) is 13.9 Å². The van der Waals surface area contributed by atoms with E-state index in [9.17, 15) is 0 Å². The maximum atomic E-state index is 6.81. The Hall–Kier alpha value is -2.51. The van der Waals surface area contributed by atoms with Gasteiger partial charge in [0, 0.05) is 5.02 Å². The number of hydrogen-bond donors (Lipinski definition) is 0. The molecule has 148 valence electrons. The molecule has 0 fully saturated rings. The first-order valence-electron chi connectivity index (χ1n) is 9.52. The highest BCUT2D eigenvalue weighted by molar-refractivity contribution is 6.69. The normalized spacial score (nSPS) is 11.5. The van der Waals surface area contributed by atoms with E-state index in [0.29, 0.717) is 10.8 Å². The zero-order valence-corrected chi connectivity index (χ0v) is 19.0. The predicted molar refractivity (Wildman–Crippen MR) is 123 cm³/mol. The molecule has 3 aromatic carbocycles. The van der Waals surface area contributed by atoms with Crippen LogP contribution in [0, 0.1) is 11.8 Å². The van der Waals surface area contributed by atoms with Gasteiger partial charge in [-0.3, -0.25) is 0 Å². The van der Waals surface area contributed by atoms with Crippen molar-refractivity contribution in [1.82, 2.24) is 0 Å². The Balaban J connectivity index is 2.28. The van der Waals surface area contributed by atoms with Crippen molar-refractivity contribution in [3.8, 4) is 17.6 Å². The molecule has 0 N–H and O–H groups in total. The van der Waals surface area contributed by atoms with Gasteiger partial charge in [-0.1, -0.05) is 84.1 Å². The van der Waals surface area contributed by atoms with Gasteiger partial charge >= 0.3 is 0 Å². The van der Waals surface area contributed by atoms with Crippen molar-refractivity contribution in [2.24, 2.45) is 0 Å². The molecular formula is C25H25ClO2Si. The van der Waals surface area contributed by atoms with Crippen LogP contribution in [0.2, 0.25) is 24.7 Å². The Bertz CT molecular complexity index is 976. The van der Waals surface area contributed by atoms with Crippen LogP contribution in [0.4, 0.5) is 0 Å². The third kappa shape index (κ3) is 5.10. The molecule has 0 aliphatic carbocycles. The molecule has 2 nitrogen and oxygen atoms in total. The van der Waals surface area contributed by atoms with Crippen LogP contribution in [-0.2, 0) is 10.0 Å². The molecule has 0 radical (unpaired) electrons. The van der Waals surface area contributed by atoms with E-state index in [4.69, 9.17) is 20.8 Å². The second kappa shape index (κ2) is 8.88. The van der Waals surface area contributed by atoms with Crippen LogP contribution in [0.3, 0.4) is 0 Å². The molecule has 0 saturated carbocycles. The van der Waals surface area contributed by atoms with Crippen LogP contribution in [0.15, 0.2) is 78.9 Å². The number of hydrogen-bond acceptors (Lipinski definition) is 2. The minimum Gasteiger partial charge on any atom is -0.495 e. The quantitative estimate of drug-likeness (QED) is 0.346. The topological polar surface area (TPSA) is 18.5 Å². The summed E-state index contributed by atoms with van der Waals surface area (Å²) in [7, 11) is -0.355. The molecule has 0 saturated heterocycles. The van der Waals surface area contributed by atoms with Crippen LogP contribution in [0.1, 0.15) is 16.7 Å². The van der Waals surface area contributed by atoms with Gasteiger partial charge in [0.25, 0.3) is 0 Å². The fraction of sp³-hybridized carbons (Fsp3) is 0.200. The largest absolute Gasteiger partial charge is 0.495 e. The number of rotatable bonds is 5. The van der Waals surface area contributed by atoms with Gasteiger partial charge in [-0.25, -0.2) is 0 Å². The summed E-state index contributed by atoms with van der Waals surface area (Å²) in [5, 5.41) is 0.617.